The summed E-state index contributed by atoms with van der Waals surface area (Å²) >= 11 is 5.79. The van der Waals surface area contributed by atoms with Gasteiger partial charge in [-0.05, 0) is 44.9 Å². The minimum absolute atomic E-state index is 0.00331. The van der Waals surface area contributed by atoms with Crippen molar-refractivity contribution in [2.24, 2.45) is 5.92 Å². The molecular weight excluding hydrogens is 450 g/mol. The fourth-order valence-electron chi connectivity index (χ4n) is 3.21. The van der Waals surface area contributed by atoms with Crippen LogP contribution in [-0.2, 0) is 19.6 Å². The summed E-state index contributed by atoms with van der Waals surface area (Å²) in [5, 5.41) is 3.32. The predicted molar refractivity (Wildman–Crippen MR) is 128 cm³/mol. The number of terminal acetylenes is 1. The number of carbonyl (C=O) groups is 2. The summed E-state index contributed by atoms with van der Waals surface area (Å²) in [5.74, 6) is -0.509. The van der Waals surface area contributed by atoms with E-state index in [0.717, 1.165) is 0 Å². The topological polar surface area (TPSA) is 95.6 Å². The molecule has 1 heterocycles. The van der Waals surface area contributed by atoms with Crippen molar-refractivity contribution in [3.63, 3.8) is 0 Å². The van der Waals surface area contributed by atoms with Crippen LogP contribution >= 0.6 is 11.6 Å². The molecule has 1 fully saturated rings. The molecule has 1 aliphatic heterocycles. The third-order valence-corrected chi connectivity index (χ3v) is 6.62. The lowest BCUT2D eigenvalue weighted by atomic mass is 9.95. The van der Waals surface area contributed by atoms with E-state index in [1.165, 1.54) is 6.92 Å². The van der Waals surface area contributed by atoms with Gasteiger partial charge in [0, 0.05) is 43.1 Å². The summed E-state index contributed by atoms with van der Waals surface area (Å²) in [6.07, 6.45) is 19.2. The lowest BCUT2D eigenvalue weighted by Crippen LogP contribution is -2.42. The van der Waals surface area contributed by atoms with Crippen molar-refractivity contribution < 1.29 is 18.0 Å². The molecule has 0 bridgehead atoms. The Kier molecular flexibility index (Phi) is 11.0. The highest BCUT2D eigenvalue weighted by Gasteiger charge is 2.28. The van der Waals surface area contributed by atoms with Crippen LogP contribution in [0.4, 0.5) is 0 Å². The zero-order valence-electron chi connectivity index (χ0n) is 18.6. The number of hydrogen-bond acceptors (Lipinski definition) is 4. The Bertz CT molecular complexity index is 976. The molecule has 0 aromatic heterocycles. The minimum Gasteiger partial charge on any atom is -0.343 e. The van der Waals surface area contributed by atoms with E-state index in [2.05, 4.69) is 22.9 Å². The highest BCUT2D eigenvalue weighted by atomic mass is 35.5. The molecule has 0 saturated carbocycles. The second-order valence-corrected chi connectivity index (χ2v) is 9.61. The van der Waals surface area contributed by atoms with Gasteiger partial charge in [-0.15, -0.1) is 12.8 Å². The number of carbonyl (C=O) groups excluding carboxylic acids is 2. The van der Waals surface area contributed by atoms with Crippen LogP contribution in [0.25, 0.3) is 0 Å². The first kappa shape index (κ1) is 27.3. The Balaban J connectivity index is 0.00000249. The minimum atomic E-state index is -3.88. The molecular formula is C23H30ClN3O4S. The average Bonchev–Trinajstić information content (AvgIpc) is 2.99. The van der Waals surface area contributed by atoms with Gasteiger partial charge in [-0.1, -0.05) is 29.8 Å². The van der Waals surface area contributed by atoms with E-state index in [1.807, 2.05) is 0 Å². The second kappa shape index (κ2) is 12.9. The maximum Gasteiger partial charge on any atom is 0.260 e. The van der Waals surface area contributed by atoms with Crippen LogP contribution in [0.5, 0.6) is 0 Å². The van der Waals surface area contributed by atoms with Crippen LogP contribution in [-0.4, -0.2) is 38.2 Å². The standard InChI is InChI=1S/C21H28ClN3O4S.C2H2/c1-15(22)9-10-16(2)24-30(28,29)20-8-6-4-5-7-19(20)23-21(27)18-11-13-25(14-12-18)17(3)26;1-2/h4-7,9-10,18,24H,8,11-14H2,1-3H3,(H,23,27);1-2H/b15-9+,16-10+;. The van der Waals surface area contributed by atoms with Gasteiger partial charge < -0.3 is 10.2 Å². The molecule has 9 heteroatoms. The molecule has 1 aliphatic carbocycles. The van der Waals surface area contributed by atoms with Crippen LogP contribution < -0.4 is 10.0 Å². The quantitative estimate of drug-likeness (QED) is 0.451. The smallest absolute Gasteiger partial charge is 0.260 e. The molecule has 7 nitrogen and oxygen atoms in total. The second-order valence-electron chi connectivity index (χ2n) is 7.31. The SMILES string of the molecule is C#C.CC(=O)N1CCC(C(=O)NC2=C(S(=O)(=O)N/C(C)=C/C=C(\C)Cl)CC=CC=C2)CC1. The van der Waals surface area contributed by atoms with E-state index in [0.29, 0.717) is 36.7 Å². The number of likely N-dealkylation sites (tertiary alicyclic amines) is 1. The Morgan fingerprint density at radius 1 is 1.12 bits per heavy atom. The molecule has 0 aromatic carbocycles. The predicted octanol–water partition coefficient (Wildman–Crippen LogP) is 3.30. The fourth-order valence-corrected chi connectivity index (χ4v) is 4.62. The van der Waals surface area contributed by atoms with Crippen LogP contribution in [0.3, 0.4) is 0 Å². The van der Waals surface area contributed by atoms with Gasteiger partial charge in [-0.3, -0.25) is 14.3 Å². The number of halogens is 1. The number of allylic oxidation sites excluding steroid dienone is 9. The molecule has 2 amide bonds. The molecule has 2 rings (SSSR count). The number of nitrogens with zero attached hydrogens (tertiary/aromatic N) is 1. The van der Waals surface area contributed by atoms with Crippen molar-refractivity contribution in [1.82, 2.24) is 14.9 Å². The number of hydrogen-bond donors (Lipinski definition) is 2. The number of amides is 2. The maximum absolute atomic E-state index is 13.0. The first-order chi connectivity index (χ1) is 15.1. The summed E-state index contributed by atoms with van der Waals surface area (Å²) < 4.78 is 28.4. The van der Waals surface area contributed by atoms with E-state index in [-0.39, 0.29) is 34.8 Å². The average molecular weight is 480 g/mol. The van der Waals surface area contributed by atoms with Crippen molar-refractivity contribution in [1.29, 1.82) is 0 Å². The van der Waals surface area contributed by atoms with Gasteiger partial charge in [-0.2, -0.15) is 0 Å². The largest absolute Gasteiger partial charge is 0.343 e. The molecule has 0 spiro atoms. The van der Waals surface area contributed by atoms with Gasteiger partial charge in [0.25, 0.3) is 10.0 Å². The molecule has 0 aromatic rings. The van der Waals surface area contributed by atoms with Crippen molar-refractivity contribution in [2.45, 2.75) is 40.0 Å². The summed E-state index contributed by atoms with van der Waals surface area (Å²) in [6, 6.07) is 0. The van der Waals surface area contributed by atoms with Crippen molar-refractivity contribution >= 4 is 33.4 Å². The first-order valence-electron chi connectivity index (χ1n) is 10.1. The van der Waals surface area contributed by atoms with Gasteiger partial charge >= 0.3 is 0 Å². The third kappa shape index (κ3) is 8.40. The Hall–Kier alpha value is -2.76. The van der Waals surface area contributed by atoms with E-state index in [9.17, 15) is 18.0 Å². The Morgan fingerprint density at radius 3 is 2.31 bits per heavy atom. The number of piperidine rings is 1. The third-order valence-electron chi connectivity index (χ3n) is 4.87. The van der Waals surface area contributed by atoms with Gasteiger partial charge in [0.2, 0.25) is 11.8 Å². The number of sulfonamides is 1. The van der Waals surface area contributed by atoms with Crippen LogP contribution in [0.15, 0.2) is 57.8 Å². The van der Waals surface area contributed by atoms with E-state index < -0.39 is 10.0 Å². The lowest BCUT2D eigenvalue weighted by molar-refractivity contribution is -0.133. The lowest BCUT2D eigenvalue weighted by Gasteiger charge is -2.30. The van der Waals surface area contributed by atoms with Crippen molar-refractivity contribution in [3.8, 4) is 12.8 Å². The molecule has 0 atom stereocenters. The van der Waals surface area contributed by atoms with Gasteiger partial charge in [-0.25, -0.2) is 8.42 Å². The monoisotopic (exact) mass is 479 g/mol. The van der Waals surface area contributed by atoms with E-state index in [4.69, 9.17) is 11.6 Å². The van der Waals surface area contributed by atoms with Crippen LogP contribution in [0.2, 0.25) is 0 Å². The van der Waals surface area contributed by atoms with Crippen LogP contribution in [0.1, 0.15) is 40.0 Å². The summed E-state index contributed by atoms with van der Waals surface area (Å²) in [7, 11) is -3.88. The molecule has 0 unspecified atom stereocenters. The normalized spacial score (nSPS) is 17.9. The molecule has 174 valence electrons. The molecule has 32 heavy (non-hydrogen) atoms. The van der Waals surface area contributed by atoms with Gasteiger partial charge in [0.05, 0.1) is 10.6 Å². The van der Waals surface area contributed by atoms with Crippen molar-refractivity contribution in [3.05, 3.63) is 57.8 Å². The Labute approximate surface area is 196 Å². The number of rotatable bonds is 6. The first-order valence-corrected chi connectivity index (χ1v) is 12.0. The summed E-state index contributed by atoms with van der Waals surface area (Å²) in [5.41, 5.74) is 0.658. The van der Waals surface area contributed by atoms with E-state index in [1.54, 1.807) is 55.2 Å². The van der Waals surface area contributed by atoms with Gasteiger partial charge in [0.15, 0.2) is 0 Å². The fraction of sp³-hybridized carbons (Fsp3) is 0.391. The zero-order valence-corrected chi connectivity index (χ0v) is 20.2. The molecule has 2 aliphatic rings. The van der Waals surface area contributed by atoms with Crippen LogP contribution in [0, 0.1) is 18.8 Å². The van der Waals surface area contributed by atoms with Gasteiger partial charge in [0.1, 0.15) is 0 Å². The Morgan fingerprint density at radius 2 is 1.75 bits per heavy atom. The van der Waals surface area contributed by atoms with Crippen molar-refractivity contribution in [2.75, 3.05) is 13.1 Å². The highest BCUT2D eigenvalue weighted by Crippen LogP contribution is 2.22. The summed E-state index contributed by atoms with van der Waals surface area (Å²) in [4.78, 5) is 26.0. The maximum atomic E-state index is 13.0. The number of nitrogens with one attached hydrogen (secondary N) is 2. The zero-order chi connectivity index (χ0) is 24.3. The highest BCUT2D eigenvalue weighted by molar-refractivity contribution is 7.93. The summed E-state index contributed by atoms with van der Waals surface area (Å²) in [6.45, 7) is 5.87. The molecule has 0 radical (unpaired) electrons. The van der Waals surface area contributed by atoms with E-state index >= 15 is 0 Å². The molecule has 2 N–H and O–H groups in total. The molecule has 1 saturated heterocycles.